The van der Waals surface area contributed by atoms with Gasteiger partial charge in [0, 0.05) is 19.7 Å². The number of benzene rings is 1. The molecule has 1 aromatic carbocycles. The fourth-order valence-electron chi connectivity index (χ4n) is 2.16. The van der Waals surface area contributed by atoms with Crippen molar-refractivity contribution in [2.45, 2.75) is 27.2 Å². The van der Waals surface area contributed by atoms with E-state index < -0.39 is 5.82 Å². The van der Waals surface area contributed by atoms with Crippen LogP contribution in [-0.2, 0) is 4.79 Å². The van der Waals surface area contributed by atoms with E-state index in [1.165, 1.54) is 12.1 Å². The molecule has 0 aliphatic rings. The van der Waals surface area contributed by atoms with Gasteiger partial charge in [0.2, 0.25) is 5.91 Å². The van der Waals surface area contributed by atoms with Crippen LogP contribution in [0.1, 0.15) is 27.2 Å². The monoisotopic (exact) mass is 330 g/mol. The number of hydrogen-bond acceptors (Lipinski definition) is 3. The standard InChI is InChI=1S/C16H24ClFN2O2/c1-16(2,3)11-20(7-4-8-21)10-15(22)19-14-6-5-12(18)9-13(14)17/h5-6,9,21H,4,7-8,10-11H2,1-3H3,(H,19,22). The van der Waals surface area contributed by atoms with E-state index in [1.54, 1.807) is 0 Å². The molecule has 6 heteroatoms. The lowest BCUT2D eigenvalue weighted by atomic mass is 9.96. The lowest BCUT2D eigenvalue weighted by Crippen LogP contribution is -2.39. The Morgan fingerprint density at radius 2 is 2.09 bits per heavy atom. The first-order chi connectivity index (χ1) is 10.2. The molecule has 0 spiro atoms. The number of aliphatic hydroxyl groups is 1. The highest BCUT2D eigenvalue weighted by atomic mass is 35.5. The number of aliphatic hydroxyl groups excluding tert-OH is 1. The molecule has 0 saturated heterocycles. The number of halogens is 2. The maximum Gasteiger partial charge on any atom is 0.238 e. The molecule has 0 unspecified atom stereocenters. The van der Waals surface area contributed by atoms with E-state index in [0.717, 1.165) is 12.6 Å². The van der Waals surface area contributed by atoms with Gasteiger partial charge in [-0.1, -0.05) is 32.4 Å². The number of carbonyl (C=O) groups excluding carboxylic acids is 1. The van der Waals surface area contributed by atoms with Gasteiger partial charge in [0.15, 0.2) is 0 Å². The average Bonchev–Trinajstić information content (AvgIpc) is 2.37. The fourth-order valence-corrected chi connectivity index (χ4v) is 2.38. The van der Waals surface area contributed by atoms with E-state index in [4.69, 9.17) is 16.7 Å². The van der Waals surface area contributed by atoms with Gasteiger partial charge in [0.25, 0.3) is 0 Å². The van der Waals surface area contributed by atoms with Crippen molar-refractivity contribution in [3.8, 4) is 0 Å². The Bertz CT molecular complexity index is 503. The summed E-state index contributed by atoms with van der Waals surface area (Å²) in [6, 6.07) is 3.85. The van der Waals surface area contributed by atoms with Crippen molar-refractivity contribution in [1.82, 2.24) is 4.90 Å². The van der Waals surface area contributed by atoms with E-state index in [9.17, 15) is 9.18 Å². The predicted molar refractivity (Wildman–Crippen MR) is 87.6 cm³/mol. The zero-order valence-electron chi connectivity index (χ0n) is 13.3. The van der Waals surface area contributed by atoms with Gasteiger partial charge in [0.05, 0.1) is 17.3 Å². The van der Waals surface area contributed by atoms with Crippen molar-refractivity contribution in [3.05, 3.63) is 29.0 Å². The molecule has 0 saturated carbocycles. The van der Waals surface area contributed by atoms with Crippen LogP contribution < -0.4 is 5.32 Å². The van der Waals surface area contributed by atoms with Gasteiger partial charge < -0.3 is 10.4 Å². The molecule has 2 N–H and O–H groups in total. The summed E-state index contributed by atoms with van der Waals surface area (Å²) in [6.45, 7) is 7.93. The molecule has 0 heterocycles. The van der Waals surface area contributed by atoms with Crippen molar-refractivity contribution in [2.75, 3.05) is 31.6 Å². The molecular formula is C16H24ClFN2O2. The molecular weight excluding hydrogens is 307 g/mol. The number of amides is 1. The summed E-state index contributed by atoms with van der Waals surface area (Å²) in [5.41, 5.74) is 0.439. The van der Waals surface area contributed by atoms with Gasteiger partial charge in [-0.15, -0.1) is 0 Å². The zero-order valence-corrected chi connectivity index (χ0v) is 14.1. The molecule has 0 atom stereocenters. The number of carbonyl (C=O) groups is 1. The molecule has 124 valence electrons. The highest BCUT2D eigenvalue weighted by Gasteiger charge is 2.19. The topological polar surface area (TPSA) is 52.6 Å². The van der Waals surface area contributed by atoms with Gasteiger partial charge in [-0.2, -0.15) is 0 Å². The number of nitrogens with zero attached hydrogens (tertiary/aromatic N) is 1. The molecule has 0 aromatic heterocycles. The molecule has 4 nitrogen and oxygen atoms in total. The lowest BCUT2D eigenvalue weighted by molar-refractivity contribution is -0.117. The number of anilines is 1. The Morgan fingerprint density at radius 1 is 1.41 bits per heavy atom. The second-order valence-electron chi connectivity index (χ2n) is 6.52. The number of rotatable bonds is 7. The SMILES string of the molecule is CC(C)(C)CN(CCCO)CC(=O)Nc1ccc(F)cc1Cl. The molecule has 0 aliphatic carbocycles. The van der Waals surface area contributed by atoms with Gasteiger partial charge in [-0.05, 0) is 30.0 Å². The second-order valence-corrected chi connectivity index (χ2v) is 6.93. The van der Waals surface area contributed by atoms with Crippen LogP contribution in [0.5, 0.6) is 0 Å². The van der Waals surface area contributed by atoms with Gasteiger partial charge in [-0.25, -0.2) is 4.39 Å². The highest BCUT2D eigenvalue weighted by molar-refractivity contribution is 6.33. The predicted octanol–water partition coefficient (Wildman–Crippen LogP) is 3.15. The molecule has 0 bridgehead atoms. The molecule has 0 radical (unpaired) electrons. The van der Waals surface area contributed by atoms with Gasteiger partial charge in [0.1, 0.15) is 5.82 Å². The smallest absolute Gasteiger partial charge is 0.238 e. The summed E-state index contributed by atoms with van der Waals surface area (Å²) in [5, 5.41) is 11.8. The summed E-state index contributed by atoms with van der Waals surface area (Å²) >= 11 is 5.90. The van der Waals surface area contributed by atoms with Gasteiger partial charge >= 0.3 is 0 Å². The van der Waals surface area contributed by atoms with Crippen LogP contribution >= 0.6 is 11.6 Å². The van der Waals surface area contributed by atoms with Crippen LogP contribution in [0.15, 0.2) is 18.2 Å². The Kier molecular flexibility index (Phi) is 7.26. The molecule has 1 rings (SSSR count). The Morgan fingerprint density at radius 3 is 2.64 bits per heavy atom. The van der Waals surface area contributed by atoms with Crippen molar-refractivity contribution < 1.29 is 14.3 Å². The van der Waals surface area contributed by atoms with E-state index >= 15 is 0 Å². The lowest BCUT2D eigenvalue weighted by Gasteiger charge is -2.29. The summed E-state index contributed by atoms with van der Waals surface area (Å²) < 4.78 is 13.0. The molecule has 0 fully saturated rings. The quantitative estimate of drug-likeness (QED) is 0.807. The molecule has 22 heavy (non-hydrogen) atoms. The third-order valence-corrected chi connectivity index (χ3v) is 3.22. The van der Waals surface area contributed by atoms with Crippen LogP contribution in [0.3, 0.4) is 0 Å². The van der Waals surface area contributed by atoms with Crippen LogP contribution in [0.4, 0.5) is 10.1 Å². The normalized spacial score (nSPS) is 11.8. The van der Waals surface area contributed by atoms with Crippen molar-refractivity contribution in [3.63, 3.8) is 0 Å². The van der Waals surface area contributed by atoms with E-state index in [2.05, 4.69) is 26.1 Å². The number of hydrogen-bond donors (Lipinski definition) is 2. The van der Waals surface area contributed by atoms with E-state index in [-0.39, 0.29) is 29.5 Å². The highest BCUT2D eigenvalue weighted by Crippen LogP contribution is 2.22. The summed E-state index contributed by atoms with van der Waals surface area (Å²) in [4.78, 5) is 14.1. The third kappa shape index (κ3) is 7.20. The first-order valence-corrected chi connectivity index (χ1v) is 7.67. The molecule has 1 amide bonds. The first kappa shape index (κ1) is 18.9. The third-order valence-electron chi connectivity index (χ3n) is 2.90. The summed E-state index contributed by atoms with van der Waals surface area (Å²) in [7, 11) is 0. The maximum atomic E-state index is 13.0. The van der Waals surface area contributed by atoms with Crippen molar-refractivity contribution in [2.24, 2.45) is 5.41 Å². The van der Waals surface area contributed by atoms with E-state index in [0.29, 0.717) is 18.7 Å². The van der Waals surface area contributed by atoms with Crippen LogP contribution in [0.2, 0.25) is 5.02 Å². The maximum absolute atomic E-state index is 13.0. The molecule has 1 aromatic rings. The Hall–Kier alpha value is -1.17. The summed E-state index contributed by atoms with van der Waals surface area (Å²) in [5.74, 6) is -0.656. The van der Waals surface area contributed by atoms with Crippen LogP contribution in [0.25, 0.3) is 0 Å². The average molecular weight is 331 g/mol. The Balaban J connectivity index is 2.65. The largest absolute Gasteiger partial charge is 0.396 e. The van der Waals surface area contributed by atoms with Gasteiger partial charge in [-0.3, -0.25) is 9.69 Å². The first-order valence-electron chi connectivity index (χ1n) is 7.29. The Labute approximate surface area is 136 Å². The minimum Gasteiger partial charge on any atom is -0.396 e. The number of nitrogens with one attached hydrogen (secondary N) is 1. The van der Waals surface area contributed by atoms with Crippen molar-refractivity contribution in [1.29, 1.82) is 0 Å². The van der Waals surface area contributed by atoms with Crippen LogP contribution in [-0.4, -0.2) is 42.2 Å². The second kappa shape index (κ2) is 8.46. The van der Waals surface area contributed by atoms with Crippen molar-refractivity contribution >= 4 is 23.2 Å². The zero-order chi connectivity index (χ0) is 16.8. The minimum absolute atomic E-state index is 0.0449. The minimum atomic E-state index is -0.444. The molecule has 0 aliphatic heterocycles. The van der Waals surface area contributed by atoms with E-state index in [1.807, 2.05) is 4.90 Å². The summed E-state index contributed by atoms with van der Waals surface area (Å²) in [6.07, 6.45) is 0.612. The van der Waals surface area contributed by atoms with Crippen LogP contribution in [0, 0.1) is 11.2 Å². The fraction of sp³-hybridized carbons (Fsp3) is 0.562.